The van der Waals surface area contributed by atoms with E-state index in [-0.39, 0.29) is 6.61 Å². The van der Waals surface area contributed by atoms with Crippen LogP contribution >= 0.6 is 15.9 Å². The van der Waals surface area contributed by atoms with Gasteiger partial charge in [0, 0.05) is 26.3 Å². The summed E-state index contributed by atoms with van der Waals surface area (Å²) in [5, 5.41) is 20.9. The van der Waals surface area contributed by atoms with E-state index in [0.717, 1.165) is 26.3 Å². The van der Waals surface area contributed by atoms with E-state index in [1.165, 1.54) is 0 Å². The van der Waals surface area contributed by atoms with Gasteiger partial charge in [0.2, 0.25) is 0 Å². The van der Waals surface area contributed by atoms with Crippen LogP contribution in [-0.4, -0.2) is 21.8 Å². The van der Waals surface area contributed by atoms with Gasteiger partial charge in [-0.05, 0) is 23.8 Å². The van der Waals surface area contributed by atoms with Gasteiger partial charge >= 0.3 is 0 Å². The van der Waals surface area contributed by atoms with E-state index in [4.69, 9.17) is 5.11 Å². The standard InChI is InChI=1S/C14H12BrNO2/c15-10-2-1-3-11-14(10)9-5-4-8(13(18)7-17)6-12(9)16-11/h1-6,13,16-18H,7H2. The molecule has 0 aliphatic rings. The van der Waals surface area contributed by atoms with Gasteiger partial charge in [0.25, 0.3) is 0 Å². The summed E-state index contributed by atoms with van der Waals surface area (Å²) >= 11 is 3.55. The second-order valence-corrected chi connectivity index (χ2v) is 5.15. The number of benzene rings is 2. The van der Waals surface area contributed by atoms with Gasteiger partial charge in [0.1, 0.15) is 6.10 Å². The van der Waals surface area contributed by atoms with E-state index in [0.29, 0.717) is 5.56 Å². The van der Waals surface area contributed by atoms with Crippen LogP contribution in [0.5, 0.6) is 0 Å². The average Bonchev–Trinajstić information content (AvgIpc) is 2.76. The molecule has 4 heteroatoms. The number of rotatable bonds is 2. The normalized spacial score (nSPS) is 13.3. The maximum Gasteiger partial charge on any atom is 0.102 e. The van der Waals surface area contributed by atoms with Crippen molar-refractivity contribution in [2.75, 3.05) is 6.61 Å². The Labute approximate surface area is 112 Å². The molecular formula is C14H12BrNO2. The van der Waals surface area contributed by atoms with Crippen LogP contribution < -0.4 is 0 Å². The highest BCUT2D eigenvalue weighted by molar-refractivity contribution is 9.10. The fourth-order valence-corrected chi connectivity index (χ4v) is 2.82. The first-order valence-electron chi connectivity index (χ1n) is 5.69. The van der Waals surface area contributed by atoms with Crippen molar-refractivity contribution in [2.24, 2.45) is 0 Å². The van der Waals surface area contributed by atoms with Gasteiger partial charge in [-0.2, -0.15) is 0 Å². The third kappa shape index (κ3) is 1.73. The number of fused-ring (bicyclic) bond motifs is 3. The molecular weight excluding hydrogens is 294 g/mol. The topological polar surface area (TPSA) is 56.2 Å². The molecule has 0 saturated carbocycles. The zero-order valence-electron chi connectivity index (χ0n) is 9.52. The molecule has 2 aromatic carbocycles. The summed E-state index contributed by atoms with van der Waals surface area (Å²) in [4.78, 5) is 3.32. The predicted molar refractivity (Wildman–Crippen MR) is 75.6 cm³/mol. The second-order valence-electron chi connectivity index (χ2n) is 4.29. The number of H-pyrrole nitrogens is 1. The zero-order valence-corrected chi connectivity index (χ0v) is 11.1. The second kappa shape index (κ2) is 4.39. The largest absolute Gasteiger partial charge is 0.393 e. The molecule has 1 heterocycles. The number of aromatic amines is 1. The third-order valence-corrected chi connectivity index (χ3v) is 3.81. The van der Waals surface area contributed by atoms with Crippen LogP contribution in [0.3, 0.4) is 0 Å². The average molecular weight is 306 g/mol. The van der Waals surface area contributed by atoms with Gasteiger partial charge in [-0.25, -0.2) is 0 Å². The number of aliphatic hydroxyl groups is 2. The summed E-state index contributed by atoms with van der Waals surface area (Å²) in [5.41, 5.74) is 2.73. The number of aromatic nitrogens is 1. The summed E-state index contributed by atoms with van der Waals surface area (Å²) in [6.07, 6.45) is -0.829. The monoisotopic (exact) mass is 305 g/mol. The van der Waals surface area contributed by atoms with Crippen molar-refractivity contribution < 1.29 is 10.2 Å². The van der Waals surface area contributed by atoms with E-state index >= 15 is 0 Å². The summed E-state index contributed by atoms with van der Waals surface area (Å²) in [6.45, 7) is -0.268. The van der Waals surface area contributed by atoms with E-state index in [9.17, 15) is 5.11 Å². The summed E-state index contributed by atoms with van der Waals surface area (Å²) < 4.78 is 1.04. The van der Waals surface area contributed by atoms with Crippen molar-refractivity contribution >= 4 is 37.7 Å². The van der Waals surface area contributed by atoms with Crippen molar-refractivity contribution in [3.63, 3.8) is 0 Å². The smallest absolute Gasteiger partial charge is 0.102 e. The molecule has 0 aliphatic carbocycles. The summed E-state index contributed by atoms with van der Waals surface area (Å²) in [7, 11) is 0. The number of hydrogen-bond acceptors (Lipinski definition) is 2. The molecule has 0 saturated heterocycles. The molecule has 1 unspecified atom stereocenters. The van der Waals surface area contributed by atoms with E-state index in [2.05, 4.69) is 20.9 Å². The van der Waals surface area contributed by atoms with Crippen LogP contribution in [0.15, 0.2) is 40.9 Å². The SMILES string of the molecule is OCC(O)c1ccc2c(c1)[nH]c1cccc(Br)c12. The number of aliphatic hydroxyl groups excluding tert-OH is 2. The van der Waals surface area contributed by atoms with Gasteiger partial charge < -0.3 is 15.2 Å². The van der Waals surface area contributed by atoms with Crippen molar-refractivity contribution in [1.29, 1.82) is 0 Å². The molecule has 0 amide bonds. The first-order chi connectivity index (χ1) is 8.70. The Morgan fingerprint density at radius 3 is 2.78 bits per heavy atom. The van der Waals surface area contributed by atoms with Crippen molar-refractivity contribution in [2.45, 2.75) is 6.10 Å². The molecule has 3 aromatic rings. The Morgan fingerprint density at radius 2 is 2.00 bits per heavy atom. The third-order valence-electron chi connectivity index (χ3n) is 3.15. The molecule has 18 heavy (non-hydrogen) atoms. The van der Waals surface area contributed by atoms with Crippen LogP contribution in [0, 0.1) is 0 Å². The lowest BCUT2D eigenvalue weighted by Crippen LogP contribution is -2.01. The van der Waals surface area contributed by atoms with Crippen LogP contribution in [0.4, 0.5) is 0 Å². The van der Waals surface area contributed by atoms with Crippen molar-refractivity contribution in [3.8, 4) is 0 Å². The molecule has 0 bridgehead atoms. The highest BCUT2D eigenvalue weighted by Crippen LogP contribution is 2.32. The zero-order chi connectivity index (χ0) is 12.7. The quantitative estimate of drug-likeness (QED) is 0.681. The number of halogens is 1. The molecule has 0 aliphatic heterocycles. The number of nitrogens with one attached hydrogen (secondary N) is 1. The fourth-order valence-electron chi connectivity index (χ4n) is 2.24. The Hall–Kier alpha value is -1.36. The molecule has 0 spiro atoms. The minimum Gasteiger partial charge on any atom is -0.393 e. The van der Waals surface area contributed by atoms with E-state index in [1.54, 1.807) is 0 Å². The number of hydrogen-bond donors (Lipinski definition) is 3. The van der Waals surface area contributed by atoms with Crippen LogP contribution in [-0.2, 0) is 0 Å². The lowest BCUT2D eigenvalue weighted by atomic mass is 10.1. The highest BCUT2D eigenvalue weighted by atomic mass is 79.9. The van der Waals surface area contributed by atoms with Gasteiger partial charge in [0.05, 0.1) is 6.61 Å². The van der Waals surface area contributed by atoms with Crippen LogP contribution in [0.1, 0.15) is 11.7 Å². The molecule has 1 aromatic heterocycles. The first-order valence-corrected chi connectivity index (χ1v) is 6.49. The van der Waals surface area contributed by atoms with Crippen LogP contribution in [0.2, 0.25) is 0 Å². The maximum atomic E-state index is 9.65. The van der Waals surface area contributed by atoms with Crippen molar-refractivity contribution in [1.82, 2.24) is 4.98 Å². The maximum absolute atomic E-state index is 9.65. The van der Waals surface area contributed by atoms with Gasteiger partial charge in [-0.3, -0.25) is 0 Å². The first kappa shape index (κ1) is 11.7. The Balaban J connectivity index is 2.30. The molecule has 0 radical (unpaired) electrons. The molecule has 1 atom stereocenters. The van der Waals surface area contributed by atoms with Crippen molar-refractivity contribution in [3.05, 3.63) is 46.4 Å². The highest BCUT2D eigenvalue weighted by Gasteiger charge is 2.10. The van der Waals surface area contributed by atoms with E-state index < -0.39 is 6.10 Å². The summed E-state index contributed by atoms with van der Waals surface area (Å²) in [6, 6.07) is 11.7. The lowest BCUT2D eigenvalue weighted by Gasteiger charge is -2.06. The molecule has 92 valence electrons. The Bertz CT molecular complexity index is 720. The summed E-state index contributed by atoms with van der Waals surface area (Å²) in [5.74, 6) is 0. The Morgan fingerprint density at radius 1 is 1.17 bits per heavy atom. The molecule has 3 rings (SSSR count). The molecule has 3 nitrogen and oxygen atoms in total. The minimum absolute atomic E-state index is 0.268. The fraction of sp³-hybridized carbons (Fsp3) is 0.143. The van der Waals surface area contributed by atoms with Gasteiger partial charge in [0.15, 0.2) is 0 Å². The lowest BCUT2D eigenvalue weighted by molar-refractivity contribution is 0.0957. The Kier molecular flexibility index (Phi) is 2.86. The predicted octanol–water partition coefficient (Wildman–Crippen LogP) is 3.11. The minimum atomic E-state index is -0.829. The van der Waals surface area contributed by atoms with Gasteiger partial charge in [-0.15, -0.1) is 0 Å². The van der Waals surface area contributed by atoms with Crippen LogP contribution in [0.25, 0.3) is 21.8 Å². The molecule has 3 N–H and O–H groups in total. The van der Waals surface area contributed by atoms with Gasteiger partial charge in [-0.1, -0.05) is 34.1 Å². The van der Waals surface area contributed by atoms with E-state index in [1.807, 2.05) is 36.4 Å². The molecule has 0 fully saturated rings.